The number of nitrogens with zero attached hydrogens (tertiary/aromatic N) is 6. The molecule has 0 saturated carbocycles. The lowest BCUT2D eigenvalue weighted by atomic mass is 10.2. The predicted octanol–water partition coefficient (Wildman–Crippen LogP) is -0.242. The molecule has 3 heterocycles. The summed E-state index contributed by atoms with van der Waals surface area (Å²) < 4.78 is 4.39. The van der Waals surface area contributed by atoms with Crippen LogP contribution in [0.25, 0.3) is 11.2 Å². The second-order valence-corrected chi connectivity index (χ2v) is 8.56. The van der Waals surface area contributed by atoms with E-state index < -0.39 is 0 Å². The van der Waals surface area contributed by atoms with Gasteiger partial charge in [0.15, 0.2) is 11.2 Å². The number of aromatic nitrogens is 4. The molecular weight excluding hydrogens is 422 g/mol. The summed E-state index contributed by atoms with van der Waals surface area (Å²) in [6, 6.07) is 9.88. The van der Waals surface area contributed by atoms with Crippen LogP contribution in [0.15, 0.2) is 46.2 Å². The van der Waals surface area contributed by atoms with Crippen LogP contribution in [0.3, 0.4) is 0 Å². The largest absolute Gasteiger partial charge is 0.351 e. The molecule has 176 valence electrons. The van der Waals surface area contributed by atoms with Gasteiger partial charge >= 0.3 is 5.69 Å². The van der Waals surface area contributed by atoms with E-state index in [-0.39, 0.29) is 17.2 Å². The number of nitrogens with one attached hydrogen (secondary N) is 1. The molecule has 4 rings (SSSR count). The van der Waals surface area contributed by atoms with E-state index >= 15 is 0 Å². The van der Waals surface area contributed by atoms with Crippen molar-refractivity contribution < 1.29 is 4.79 Å². The summed E-state index contributed by atoms with van der Waals surface area (Å²) in [4.78, 5) is 46.3. The smallest absolute Gasteiger partial charge is 0.332 e. The highest BCUT2D eigenvalue weighted by atomic mass is 16.2. The van der Waals surface area contributed by atoms with E-state index in [4.69, 9.17) is 0 Å². The van der Waals surface area contributed by atoms with Gasteiger partial charge in [0.1, 0.15) is 0 Å². The van der Waals surface area contributed by atoms with Crippen LogP contribution in [-0.4, -0.2) is 73.7 Å². The van der Waals surface area contributed by atoms with Crippen molar-refractivity contribution in [3.8, 4) is 0 Å². The standard InChI is InChI=1S/C23H31N7O3/c1-26-17-25-21-20(26)22(32)30(23(33)27(21)2)10-6-9-28-11-13-29(14-12-28)16-19(31)24-15-18-7-4-3-5-8-18/h3-5,7-8,17H,6,9-16H2,1-2H3,(H,24,31). The SMILES string of the molecule is Cn1cnc2c1c(=O)n(CCCN1CCN(CC(=O)NCc3ccccc3)CC1)c(=O)n2C. The zero-order chi connectivity index (χ0) is 23.4. The van der Waals surface area contributed by atoms with Gasteiger partial charge in [0.2, 0.25) is 5.91 Å². The summed E-state index contributed by atoms with van der Waals surface area (Å²) in [5.74, 6) is 0.0353. The number of rotatable bonds is 8. The molecule has 1 saturated heterocycles. The van der Waals surface area contributed by atoms with Gasteiger partial charge in [-0.2, -0.15) is 0 Å². The van der Waals surface area contributed by atoms with Gasteiger partial charge in [-0.1, -0.05) is 30.3 Å². The van der Waals surface area contributed by atoms with Crippen molar-refractivity contribution in [2.24, 2.45) is 14.1 Å². The fraction of sp³-hybridized carbons (Fsp3) is 0.478. The molecule has 2 aromatic heterocycles. The van der Waals surface area contributed by atoms with Gasteiger partial charge in [-0.15, -0.1) is 0 Å². The Morgan fingerprint density at radius 3 is 2.42 bits per heavy atom. The topological polar surface area (TPSA) is 97.4 Å². The van der Waals surface area contributed by atoms with Crippen LogP contribution in [0.5, 0.6) is 0 Å². The number of hydrogen-bond donors (Lipinski definition) is 1. The summed E-state index contributed by atoms with van der Waals surface area (Å²) >= 11 is 0. The van der Waals surface area contributed by atoms with E-state index in [1.807, 2.05) is 30.3 Å². The quantitative estimate of drug-likeness (QED) is 0.506. The molecule has 10 nitrogen and oxygen atoms in total. The van der Waals surface area contributed by atoms with Crippen LogP contribution in [0.1, 0.15) is 12.0 Å². The lowest BCUT2D eigenvalue weighted by Crippen LogP contribution is -2.49. The highest BCUT2D eigenvalue weighted by molar-refractivity contribution is 5.78. The van der Waals surface area contributed by atoms with Crippen molar-refractivity contribution in [2.75, 3.05) is 39.3 Å². The summed E-state index contributed by atoms with van der Waals surface area (Å²) in [6.07, 6.45) is 2.26. The van der Waals surface area contributed by atoms with Gasteiger partial charge < -0.3 is 14.8 Å². The summed E-state index contributed by atoms with van der Waals surface area (Å²) in [5, 5.41) is 2.98. The van der Waals surface area contributed by atoms with Crippen molar-refractivity contribution in [3.63, 3.8) is 0 Å². The Morgan fingerprint density at radius 2 is 1.70 bits per heavy atom. The third-order valence-electron chi connectivity index (χ3n) is 6.22. The summed E-state index contributed by atoms with van der Waals surface area (Å²) in [5.41, 5.74) is 1.31. The van der Waals surface area contributed by atoms with Crippen LogP contribution in [0, 0.1) is 0 Å². The Labute approximate surface area is 192 Å². The number of imidazole rings is 1. The Balaban J connectivity index is 1.23. The van der Waals surface area contributed by atoms with E-state index in [0.717, 1.165) is 38.3 Å². The normalized spacial score (nSPS) is 15.2. The average molecular weight is 454 g/mol. The number of aryl methyl sites for hydroxylation is 2. The van der Waals surface area contributed by atoms with Crippen molar-refractivity contribution in [1.29, 1.82) is 0 Å². The lowest BCUT2D eigenvalue weighted by molar-refractivity contribution is -0.122. The Hall–Kier alpha value is -3.24. The maximum Gasteiger partial charge on any atom is 0.332 e. The van der Waals surface area contributed by atoms with Crippen molar-refractivity contribution >= 4 is 17.1 Å². The minimum Gasteiger partial charge on any atom is -0.351 e. The first-order valence-electron chi connectivity index (χ1n) is 11.3. The van der Waals surface area contributed by atoms with Crippen LogP contribution in [-0.2, 0) is 32.0 Å². The first-order valence-corrected chi connectivity index (χ1v) is 11.3. The third-order valence-corrected chi connectivity index (χ3v) is 6.22. The highest BCUT2D eigenvalue weighted by Crippen LogP contribution is 2.05. The van der Waals surface area contributed by atoms with Gasteiger partial charge in [0.05, 0.1) is 12.9 Å². The van der Waals surface area contributed by atoms with Crippen LogP contribution in [0.4, 0.5) is 0 Å². The molecule has 1 aliphatic heterocycles. The van der Waals surface area contributed by atoms with E-state index in [2.05, 4.69) is 20.1 Å². The number of amides is 1. The second kappa shape index (κ2) is 10.1. The van der Waals surface area contributed by atoms with Crippen molar-refractivity contribution in [2.45, 2.75) is 19.5 Å². The van der Waals surface area contributed by atoms with Gasteiger partial charge in [-0.05, 0) is 18.5 Å². The molecule has 10 heteroatoms. The Morgan fingerprint density at radius 1 is 1.00 bits per heavy atom. The average Bonchev–Trinajstić information content (AvgIpc) is 3.22. The predicted molar refractivity (Wildman–Crippen MR) is 126 cm³/mol. The van der Waals surface area contributed by atoms with E-state index in [1.165, 1.54) is 9.13 Å². The van der Waals surface area contributed by atoms with E-state index in [9.17, 15) is 14.4 Å². The zero-order valence-electron chi connectivity index (χ0n) is 19.2. The number of carbonyl (C=O) groups excluding carboxylic acids is 1. The zero-order valence-corrected chi connectivity index (χ0v) is 19.2. The molecule has 1 amide bonds. The third kappa shape index (κ3) is 5.23. The van der Waals surface area contributed by atoms with Gasteiger partial charge in [0.25, 0.3) is 5.56 Å². The summed E-state index contributed by atoms with van der Waals surface area (Å²) in [7, 11) is 3.40. The molecule has 0 aliphatic carbocycles. The van der Waals surface area contributed by atoms with Crippen LogP contribution >= 0.6 is 0 Å². The van der Waals surface area contributed by atoms with Crippen LogP contribution in [0.2, 0.25) is 0 Å². The molecule has 1 fully saturated rings. The molecule has 1 aliphatic rings. The number of benzene rings is 1. The Bertz CT molecular complexity index is 1220. The van der Waals surface area contributed by atoms with Crippen molar-refractivity contribution in [1.82, 2.24) is 33.8 Å². The highest BCUT2D eigenvalue weighted by Gasteiger charge is 2.19. The molecular formula is C23H31N7O3. The molecule has 0 atom stereocenters. The molecule has 0 spiro atoms. The van der Waals surface area contributed by atoms with Crippen molar-refractivity contribution in [3.05, 3.63) is 63.1 Å². The number of hydrogen-bond acceptors (Lipinski definition) is 6. The fourth-order valence-electron chi connectivity index (χ4n) is 4.27. The van der Waals surface area contributed by atoms with Gasteiger partial charge in [-0.25, -0.2) is 9.78 Å². The first-order chi connectivity index (χ1) is 15.9. The summed E-state index contributed by atoms with van der Waals surface area (Å²) in [6.45, 7) is 5.48. The Kier molecular flexibility index (Phi) is 7.05. The molecule has 0 radical (unpaired) electrons. The van der Waals surface area contributed by atoms with E-state index in [0.29, 0.717) is 37.2 Å². The first kappa shape index (κ1) is 22.9. The molecule has 33 heavy (non-hydrogen) atoms. The minimum atomic E-state index is -0.336. The monoisotopic (exact) mass is 453 g/mol. The molecule has 3 aromatic rings. The van der Waals surface area contributed by atoms with Gasteiger partial charge in [-0.3, -0.25) is 23.6 Å². The molecule has 0 bridgehead atoms. The lowest BCUT2D eigenvalue weighted by Gasteiger charge is -2.34. The fourth-order valence-corrected chi connectivity index (χ4v) is 4.27. The minimum absolute atomic E-state index is 0.0353. The van der Waals surface area contributed by atoms with Crippen LogP contribution < -0.4 is 16.6 Å². The molecule has 0 unspecified atom stereocenters. The molecule has 1 aromatic carbocycles. The maximum atomic E-state index is 12.8. The second-order valence-electron chi connectivity index (χ2n) is 8.56. The number of fused-ring (bicyclic) bond motifs is 1. The van der Waals surface area contributed by atoms with Gasteiger partial charge in [0, 0.05) is 53.4 Å². The number of piperazine rings is 1. The maximum absolute atomic E-state index is 12.8. The van der Waals surface area contributed by atoms with E-state index in [1.54, 1.807) is 25.0 Å². The molecule has 1 N–H and O–H groups in total. The number of carbonyl (C=O) groups is 1.